The van der Waals surface area contributed by atoms with E-state index in [1.165, 1.54) is 0 Å². The van der Waals surface area contributed by atoms with Gasteiger partial charge in [-0.1, -0.05) is 30.3 Å². The van der Waals surface area contributed by atoms with Crippen LogP contribution < -0.4 is 0 Å². The largest absolute Gasteiger partial charge is 0.492 e. The number of hydrogen-bond acceptors (Lipinski definition) is 2. The van der Waals surface area contributed by atoms with Crippen molar-refractivity contribution in [3.63, 3.8) is 0 Å². The van der Waals surface area contributed by atoms with Gasteiger partial charge < -0.3 is 4.74 Å². The van der Waals surface area contributed by atoms with Crippen LogP contribution in [0.3, 0.4) is 0 Å². The monoisotopic (exact) mass is 188 g/mol. The lowest BCUT2D eigenvalue weighted by atomic mass is 9.99. The Balaban J connectivity index is 2.20. The number of ether oxygens (including phenoxy) is 1. The van der Waals surface area contributed by atoms with Crippen molar-refractivity contribution >= 4 is 5.78 Å². The second kappa shape index (κ2) is 3.66. The first kappa shape index (κ1) is 9.00. The average molecular weight is 188 g/mol. The predicted molar refractivity (Wildman–Crippen MR) is 53.6 cm³/mol. The molecular weight excluding hydrogens is 176 g/mol. The maximum absolute atomic E-state index is 11.4. The molecule has 0 spiro atoms. The number of benzene rings is 1. The number of carbonyl (C=O) groups excluding carboxylic acids is 1. The highest BCUT2D eigenvalue weighted by molar-refractivity contribution is 5.95. The topological polar surface area (TPSA) is 26.3 Å². The summed E-state index contributed by atoms with van der Waals surface area (Å²) in [6, 6.07) is 9.82. The Morgan fingerprint density at radius 2 is 2.00 bits per heavy atom. The molecule has 0 aliphatic carbocycles. The van der Waals surface area contributed by atoms with Crippen LogP contribution in [0.5, 0.6) is 0 Å². The first-order valence-electron chi connectivity index (χ1n) is 4.68. The van der Waals surface area contributed by atoms with Crippen molar-refractivity contribution in [1.82, 2.24) is 0 Å². The van der Waals surface area contributed by atoms with Crippen LogP contribution in [-0.2, 0) is 9.53 Å². The highest BCUT2D eigenvalue weighted by atomic mass is 16.5. The molecule has 2 rings (SSSR count). The zero-order valence-electron chi connectivity index (χ0n) is 8.07. The lowest BCUT2D eigenvalue weighted by Crippen LogP contribution is -2.14. The van der Waals surface area contributed by atoms with Gasteiger partial charge in [0.1, 0.15) is 6.10 Å². The van der Waals surface area contributed by atoms with Gasteiger partial charge in [-0.25, -0.2) is 0 Å². The highest BCUT2D eigenvalue weighted by Gasteiger charge is 2.21. The van der Waals surface area contributed by atoms with Crippen LogP contribution in [-0.4, -0.2) is 5.78 Å². The quantitative estimate of drug-likeness (QED) is 0.677. The van der Waals surface area contributed by atoms with Crippen molar-refractivity contribution in [1.29, 1.82) is 0 Å². The third-order valence-corrected chi connectivity index (χ3v) is 2.39. The number of Topliss-reactive ketones (excluding diaryl/α,β-unsaturated/α-hetero) is 1. The summed E-state index contributed by atoms with van der Waals surface area (Å²) in [7, 11) is 0. The second-order valence-corrected chi connectivity index (χ2v) is 3.46. The van der Waals surface area contributed by atoms with Gasteiger partial charge in [0.2, 0.25) is 0 Å². The van der Waals surface area contributed by atoms with Crippen molar-refractivity contribution in [3.05, 3.63) is 47.7 Å². The van der Waals surface area contributed by atoms with E-state index in [0.29, 0.717) is 12.0 Å². The summed E-state index contributed by atoms with van der Waals surface area (Å²) in [4.78, 5) is 11.4. The van der Waals surface area contributed by atoms with E-state index in [1.54, 1.807) is 13.2 Å². The van der Waals surface area contributed by atoms with Gasteiger partial charge in [0.15, 0.2) is 5.78 Å². The van der Waals surface area contributed by atoms with Gasteiger partial charge in [-0.2, -0.15) is 0 Å². The molecule has 2 nitrogen and oxygen atoms in total. The van der Waals surface area contributed by atoms with Gasteiger partial charge in [0.05, 0.1) is 12.7 Å². The zero-order valence-corrected chi connectivity index (χ0v) is 8.07. The number of hydrogen-bond donors (Lipinski definition) is 0. The van der Waals surface area contributed by atoms with Gasteiger partial charge in [0, 0.05) is 5.57 Å². The van der Waals surface area contributed by atoms with E-state index in [4.69, 9.17) is 4.74 Å². The van der Waals surface area contributed by atoms with Crippen LogP contribution >= 0.6 is 0 Å². The van der Waals surface area contributed by atoms with Gasteiger partial charge in [-0.15, -0.1) is 0 Å². The molecule has 0 saturated carbocycles. The summed E-state index contributed by atoms with van der Waals surface area (Å²) >= 11 is 0. The first-order valence-corrected chi connectivity index (χ1v) is 4.68. The number of allylic oxidation sites excluding steroid dienone is 1. The lowest BCUT2D eigenvalue weighted by Gasteiger charge is -2.21. The van der Waals surface area contributed by atoms with Crippen molar-refractivity contribution in [2.45, 2.75) is 19.4 Å². The van der Waals surface area contributed by atoms with Crippen molar-refractivity contribution in [2.24, 2.45) is 0 Å². The summed E-state index contributed by atoms with van der Waals surface area (Å²) in [5.74, 6) is 0.171. The average Bonchev–Trinajstić information content (AvgIpc) is 2.23. The highest BCUT2D eigenvalue weighted by Crippen LogP contribution is 2.27. The van der Waals surface area contributed by atoms with Crippen LogP contribution in [0.15, 0.2) is 42.2 Å². The molecule has 72 valence electrons. The van der Waals surface area contributed by atoms with E-state index in [2.05, 4.69) is 0 Å². The van der Waals surface area contributed by atoms with Crippen LogP contribution in [0.2, 0.25) is 0 Å². The third-order valence-electron chi connectivity index (χ3n) is 2.39. The Kier molecular flexibility index (Phi) is 2.35. The van der Waals surface area contributed by atoms with Gasteiger partial charge in [0.25, 0.3) is 0 Å². The van der Waals surface area contributed by atoms with E-state index in [9.17, 15) is 4.79 Å². The molecule has 0 fully saturated rings. The molecule has 0 saturated heterocycles. The maximum Gasteiger partial charge on any atom is 0.165 e. The molecule has 0 bridgehead atoms. The minimum atomic E-state index is -0.104. The molecule has 1 aliphatic rings. The summed E-state index contributed by atoms with van der Waals surface area (Å²) in [5.41, 5.74) is 1.77. The summed E-state index contributed by atoms with van der Waals surface area (Å²) in [6.07, 6.45) is 1.91. The molecule has 0 aromatic heterocycles. The van der Waals surface area contributed by atoms with Gasteiger partial charge >= 0.3 is 0 Å². The number of carbonyl (C=O) groups is 1. The van der Waals surface area contributed by atoms with Crippen LogP contribution in [0.1, 0.15) is 25.0 Å². The van der Waals surface area contributed by atoms with Gasteiger partial charge in [-0.05, 0) is 12.5 Å². The smallest absolute Gasteiger partial charge is 0.165 e. The molecule has 0 amide bonds. The van der Waals surface area contributed by atoms with E-state index < -0.39 is 0 Å². The van der Waals surface area contributed by atoms with E-state index in [-0.39, 0.29) is 11.9 Å². The lowest BCUT2D eigenvalue weighted by molar-refractivity contribution is -0.119. The Hall–Kier alpha value is -1.57. The Bertz CT molecular complexity index is 365. The Morgan fingerprint density at radius 3 is 2.64 bits per heavy atom. The third kappa shape index (κ3) is 1.69. The summed E-state index contributed by atoms with van der Waals surface area (Å²) < 4.78 is 5.46. The second-order valence-electron chi connectivity index (χ2n) is 3.46. The minimum Gasteiger partial charge on any atom is -0.492 e. The molecule has 0 radical (unpaired) electrons. The summed E-state index contributed by atoms with van der Waals surface area (Å²) in [6.45, 7) is 1.78. The number of rotatable bonds is 1. The van der Waals surface area contributed by atoms with Crippen molar-refractivity contribution < 1.29 is 9.53 Å². The maximum atomic E-state index is 11.4. The fraction of sp³-hybridized carbons (Fsp3) is 0.250. The van der Waals surface area contributed by atoms with Crippen LogP contribution in [0.25, 0.3) is 0 Å². The molecule has 1 aromatic rings. The van der Waals surface area contributed by atoms with Crippen molar-refractivity contribution in [3.8, 4) is 0 Å². The van der Waals surface area contributed by atoms with E-state index in [1.807, 2.05) is 30.3 Å². The number of ketones is 1. The minimum absolute atomic E-state index is 0.104. The van der Waals surface area contributed by atoms with Crippen molar-refractivity contribution in [2.75, 3.05) is 0 Å². The molecule has 1 aliphatic heterocycles. The first-order chi connectivity index (χ1) is 6.77. The molecule has 1 heterocycles. The molecular formula is C12H12O2. The van der Waals surface area contributed by atoms with Crippen LogP contribution in [0.4, 0.5) is 0 Å². The molecule has 2 heteroatoms. The SMILES string of the molecule is CC1=CO[C@H](c2ccccc2)CC1=O. The normalized spacial score (nSPS) is 21.4. The molecule has 1 aromatic carbocycles. The van der Waals surface area contributed by atoms with E-state index >= 15 is 0 Å². The standard InChI is InChI=1S/C12H12O2/c1-9-8-14-12(7-11(9)13)10-5-3-2-4-6-10/h2-6,8,12H,7H2,1H3/t12-/m0/s1. The zero-order chi connectivity index (χ0) is 9.97. The molecule has 0 unspecified atom stereocenters. The van der Waals surface area contributed by atoms with Gasteiger partial charge in [-0.3, -0.25) is 4.79 Å². The summed E-state index contributed by atoms with van der Waals surface area (Å²) in [5, 5.41) is 0. The molecule has 14 heavy (non-hydrogen) atoms. The molecule has 0 N–H and O–H groups in total. The fourth-order valence-corrected chi connectivity index (χ4v) is 1.49. The fourth-order valence-electron chi connectivity index (χ4n) is 1.49. The van der Waals surface area contributed by atoms with Crippen LogP contribution in [0, 0.1) is 0 Å². The Labute approximate surface area is 83.2 Å². The Morgan fingerprint density at radius 1 is 1.29 bits per heavy atom. The van der Waals surface area contributed by atoms with E-state index in [0.717, 1.165) is 5.56 Å². The predicted octanol–water partition coefficient (Wildman–Crippen LogP) is 2.62. The molecule has 1 atom stereocenters.